The summed E-state index contributed by atoms with van der Waals surface area (Å²) in [4.78, 5) is 9.43. The molecule has 0 spiro atoms. The van der Waals surface area contributed by atoms with Crippen molar-refractivity contribution in [2.45, 2.75) is 16.7 Å². The summed E-state index contributed by atoms with van der Waals surface area (Å²) in [5.41, 5.74) is 6.83. The fraction of sp³-hybridized carbons (Fsp3) is 0.0370. The highest BCUT2D eigenvalue weighted by atomic mass is 32.2. The Morgan fingerprint density at radius 3 is 1.91 bits per heavy atom. The van der Waals surface area contributed by atoms with E-state index in [0.717, 1.165) is 12.1 Å². The molecule has 0 atom stereocenters. The predicted molar refractivity (Wildman–Crippen MR) is 160 cm³/mol. The van der Waals surface area contributed by atoms with Crippen LogP contribution in [-0.2, 0) is 20.2 Å². The van der Waals surface area contributed by atoms with E-state index in [0.29, 0.717) is 11.1 Å². The molecule has 15 nitrogen and oxygen atoms in total. The van der Waals surface area contributed by atoms with E-state index >= 15 is 0 Å². The van der Waals surface area contributed by atoms with Crippen LogP contribution in [0.2, 0.25) is 0 Å². The number of non-ortho nitro benzene ring substituents is 1. The number of fused-ring (bicyclic) bond motifs is 2. The molecule has 17 heteroatoms. The largest absolute Gasteiger partial charge is 0.505 e. The zero-order chi connectivity index (χ0) is 32.0. The quantitative estimate of drug-likeness (QED) is 0.0476. The van der Waals surface area contributed by atoms with Gasteiger partial charge in [0.2, 0.25) is 0 Å². The van der Waals surface area contributed by atoms with Gasteiger partial charge in [-0.05, 0) is 61.0 Å². The maximum atomic E-state index is 11.9. The molecule has 0 aromatic heterocycles. The van der Waals surface area contributed by atoms with Crippen molar-refractivity contribution in [2.75, 3.05) is 5.73 Å². The first-order chi connectivity index (χ1) is 20.6. The van der Waals surface area contributed by atoms with Crippen molar-refractivity contribution in [3.8, 4) is 5.75 Å². The van der Waals surface area contributed by atoms with Crippen LogP contribution in [0.15, 0.2) is 103 Å². The SMILES string of the molecule is Cc1cc(S(=O)(=O)O)c2ccc(N=Nc3ccc(N=Nc4ccc([N+](=O)[O-])cc4)c4ccc(S(=O)(=O)O)cc34)c(O)c2c1N. The van der Waals surface area contributed by atoms with Gasteiger partial charge in [0.25, 0.3) is 25.9 Å². The van der Waals surface area contributed by atoms with Gasteiger partial charge in [-0.15, -0.1) is 15.3 Å². The number of hydrogen-bond acceptors (Lipinski definition) is 12. The fourth-order valence-electron chi connectivity index (χ4n) is 4.39. The van der Waals surface area contributed by atoms with Gasteiger partial charge >= 0.3 is 0 Å². The molecule has 224 valence electrons. The first-order valence-corrected chi connectivity index (χ1v) is 15.2. The monoisotopic (exact) mass is 636 g/mol. The summed E-state index contributed by atoms with van der Waals surface area (Å²) in [6.45, 7) is 1.50. The minimum Gasteiger partial charge on any atom is -0.505 e. The van der Waals surface area contributed by atoms with Gasteiger partial charge in [-0.3, -0.25) is 19.2 Å². The lowest BCUT2D eigenvalue weighted by molar-refractivity contribution is -0.384. The van der Waals surface area contributed by atoms with Crippen molar-refractivity contribution in [3.63, 3.8) is 0 Å². The summed E-state index contributed by atoms with van der Waals surface area (Å²) in [5, 5.41) is 38.7. The Kier molecular flexibility index (Phi) is 7.56. The number of phenols is 1. The van der Waals surface area contributed by atoms with E-state index in [9.17, 15) is 41.2 Å². The standard InChI is InChI=1S/C27H20N6O9S2/c1-14-12-24(44(40,41)42)19-8-9-23(27(34)25(19)26(14)28)32-31-22-11-10-21(18-7-6-17(13-20(18)22)43(37,38)39)30-29-15-2-4-16(5-3-15)33(35)36/h2-13,34H,28H2,1H3,(H,37,38,39)(H,40,41,42). The normalized spacial score (nSPS) is 12.5. The molecule has 0 aliphatic heterocycles. The first kappa shape index (κ1) is 30.1. The lowest BCUT2D eigenvalue weighted by Crippen LogP contribution is -2.02. The smallest absolute Gasteiger partial charge is 0.295 e. The minimum absolute atomic E-state index is 0.0435. The number of phenolic OH excluding ortho intramolecular Hbond substituents is 1. The van der Waals surface area contributed by atoms with Crippen LogP contribution in [0, 0.1) is 17.0 Å². The number of anilines is 1. The highest BCUT2D eigenvalue weighted by molar-refractivity contribution is 7.86. The van der Waals surface area contributed by atoms with E-state index < -0.39 is 40.7 Å². The molecule has 5 N–H and O–H groups in total. The van der Waals surface area contributed by atoms with Crippen molar-refractivity contribution >= 4 is 75.9 Å². The fourth-order valence-corrected chi connectivity index (χ4v) is 5.67. The summed E-state index contributed by atoms with van der Waals surface area (Å²) in [7, 11) is -9.28. The third-order valence-electron chi connectivity index (χ3n) is 6.58. The van der Waals surface area contributed by atoms with Crippen LogP contribution in [-0.4, -0.2) is 36.0 Å². The molecule has 0 saturated heterocycles. The van der Waals surface area contributed by atoms with Crippen LogP contribution in [0.1, 0.15) is 5.56 Å². The lowest BCUT2D eigenvalue weighted by Gasteiger charge is -2.12. The molecule has 0 fully saturated rings. The second kappa shape index (κ2) is 11.0. The Hall–Kier alpha value is -5.36. The van der Waals surface area contributed by atoms with Crippen LogP contribution >= 0.6 is 0 Å². The van der Waals surface area contributed by atoms with Crippen LogP contribution in [0.4, 0.5) is 34.1 Å². The second-order valence-electron chi connectivity index (χ2n) is 9.40. The summed E-state index contributed by atoms with van der Waals surface area (Å²) in [6, 6.07) is 15.6. The van der Waals surface area contributed by atoms with Gasteiger partial charge in [-0.25, -0.2) is 0 Å². The van der Waals surface area contributed by atoms with Crippen molar-refractivity contribution in [1.29, 1.82) is 0 Å². The van der Waals surface area contributed by atoms with Crippen LogP contribution < -0.4 is 5.73 Å². The number of rotatable bonds is 7. The lowest BCUT2D eigenvalue weighted by atomic mass is 10.0. The zero-order valence-corrected chi connectivity index (χ0v) is 24.0. The maximum Gasteiger partial charge on any atom is 0.295 e. The van der Waals surface area contributed by atoms with Crippen LogP contribution in [0.3, 0.4) is 0 Å². The number of nitrogens with zero attached hydrogens (tertiary/aromatic N) is 5. The third-order valence-corrected chi connectivity index (χ3v) is 8.32. The van der Waals surface area contributed by atoms with Gasteiger partial charge < -0.3 is 10.8 Å². The van der Waals surface area contributed by atoms with E-state index in [2.05, 4.69) is 20.5 Å². The topological polar surface area (TPSA) is 248 Å². The molecule has 5 rings (SSSR count). The molecule has 44 heavy (non-hydrogen) atoms. The molecule has 5 aromatic rings. The van der Waals surface area contributed by atoms with E-state index in [4.69, 9.17) is 5.73 Å². The number of nitrogen functional groups attached to an aromatic ring is 1. The number of nitrogens with two attached hydrogens (primary N) is 1. The van der Waals surface area contributed by atoms with Gasteiger partial charge in [0.05, 0.1) is 32.3 Å². The van der Waals surface area contributed by atoms with Crippen molar-refractivity contribution in [1.82, 2.24) is 0 Å². The maximum absolute atomic E-state index is 11.9. The number of benzene rings is 5. The van der Waals surface area contributed by atoms with Gasteiger partial charge in [0.15, 0.2) is 5.75 Å². The number of hydrogen-bond donors (Lipinski definition) is 4. The van der Waals surface area contributed by atoms with Gasteiger partial charge in [0, 0.05) is 34.0 Å². The van der Waals surface area contributed by atoms with Crippen LogP contribution in [0.25, 0.3) is 21.5 Å². The molecular formula is C27H20N6O9S2. The molecule has 0 aliphatic carbocycles. The highest BCUT2D eigenvalue weighted by Gasteiger charge is 2.21. The van der Waals surface area contributed by atoms with Crippen LogP contribution in [0.5, 0.6) is 5.75 Å². The first-order valence-electron chi connectivity index (χ1n) is 12.3. The Morgan fingerprint density at radius 1 is 0.727 bits per heavy atom. The molecule has 0 unspecified atom stereocenters. The number of nitro benzene ring substituents is 1. The summed E-state index contributed by atoms with van der Waals surface area (Å²) in [5.74, 6) is -0.520. The second-order valence-corrected chi connectivity index (χ2v) is 12.2. The van der Waals surface area contributed by atoms with Gasteiger partial charge in [0.1, 0.15) is 10.6 Å². The molecule has 0 amide bonds. The molecule has 0 aliphatic rings. The van der Waals surface area contributed by atoms with Crippen molar-refractivity contribution < 1.29 is 36.0 Å². The number of aromatic hydroxyl groups is 1. The Labute approximate surface area is 248 Å². The average Bonchev–Trinajstić information content (AvgIpc) is 2.96. The zero-order valence-electron chi connectivity index (χ0n) is 22.3. The molecule has 5 aromatic carbocycles. The Morgan fingerprint density at radius 2 is 1.30 bits per heavy atom. The van der Waals surface area contributed by atoms with E-state index in [1.807, 2.05) is 0 Å². The minimum atomic E-state index is -4.66. The molecule has 0 bridgehead atoms. The third kappa shape index (κ3) is 5.79. The predicted octanol–water partition coefficient (Wildman–Crippen LogP) is 6.82. The van der Waals surface area contributed by atoms with Crippen molar-refractivity contribution in [2.24, 2.45) is 20.5 Å². The highest BCUT2D eigenvalue weighted by Crippen LogP contribution is 2.43. The molecule has 0 saturated carbocycles. The van der Waals surface area contributed by atoms with E-state index in [-0.39, 0.29) is 50.2 Å². The van der Waals surface area contributed by atoms with Gasteiger partial charge in [-0.1, -0.05) is 12.1 Å². The number of aryl methyl sites for hydroxylation is 1. The number of nitro groups is 1. The Bertz CT molecular complexity index is 2290. The number of azo groups is 2. The van der Waals surface area contributed by atoms with E-state index in [1.54, 1.807) is 0 Å². The van der Waals surface area contributed by atoms with Crippen molar-refractivity contribution in [3.05, 3.63) is 88.5 Å². The summed E-state index contributed by atoms with van der Waals surface area (Å²) >= 11 is 0. The summed E-state index contributed by atoms with van der Waals surface area (Å²) in [6.07, 6.45) is 0. The van der Waals surface area contributed by atoms with E-state index in [1.165, 1.54) is 67.6 Å². The Balaban J connectivity index is 1.62. The van der Waals surface area contributed by atoms with Gasteiger partial charge in [-0.2, -0.15) is 21.9 Å². The summed E-state index contributed by atoms with van der Waals surface area (Å²) < 4.78 is 66.9. The molecule has 0 heterocycles. The average molecular weight is 637 g/mol. The molecule has 0 radical (unpaired) electrons. The molecular weight excluding hydrogens is 616 g/mol.